The van der Waals surface area contributed by atoms with E-state index >= 15 is 0 Å². The summed E-state index contributed by atoms with van der Waals surface area (Å²) in [4.78, 5) is 18.1. The summed E-state index contributed by atoms with van der Waals surface area (Å²) in [5.74, 6) is -0.0616. The molecule has 1 aromatic carbocycles. The average molecular weight is 355 g/mol. The van der Waals surface area contributed by atoms with E-state index in [0.717, 1.165) is 10.7 Å². The zero-order valence-electron chi connectivity index (χ0n) is 14.2. The molecule has 130 valence electrons. The summed E-state index contributed by atoms with van der Waals surface area (Å²) in [6.45, 7) is 3.85. The predicted octanol–water partition coefficient (Wildman–Crippen LogP) is 3.35. The molecule has 0 bridgehead atoms. The molecule has 3 rings (SSSR count). The molecule has 3 aromatic rings. The van der Waals surface area contributed by atoms with Gasteiger partial charge in [-0.3, -0.25) is 4.79 Å². The Morgan fingerprint density at radius 1 is 1.20 bits per heavy atom. The van der Waals surface area contributed by atoms with Crippen molar-refractivity contribution in [1.82, 2.24) is 14.9 Å². The highest BCUT2D eigenvalue weighted by molar-refractivity contribution is 7.16. The first kappa shape index (κ1) is 17.4. The number of nitrogens with zero attached hydrogens (tertiary/aromatic N) is 2. The second kappa shape index (κ2) is 7.63. The van der Waals surface area contributed by atoms with Crippen LogP contribution in [0, 0.1) is 5.92 Å². The van der Waals surface area contributed by atoms with Crippen molar-refractivity contribution in [3.63, 3.8) is 0 Å². The Labute approximate surface area is 151 Å². The quantitative estimate of drug-likeness (QED) is 0.712. The van der Waals surface area contributed by atoms with Gasteiger partial charge in [0.2, 0.25) is 0 Å². The molecule has 0 radical (unpaired) electrons. The highest BCUT2D eigenvalue weighted by Gasteiger charge is 2.23. The highest BCUT2D eigenvalue weighted by Crippen LogP contribution is 2.30. The van der Waals surface area contributed by atoms with Crippen molar-refractivity contribution in [1.29, 1.82) is 0 Å². The predicted molar refractivity (Wildman–Crippen MR) is 100 cm³/mol. The molecular weight excluding hydrogens is 334 g/mol. The molecule has 5 nitrogen and oxygen atoms in total. The van der Waals surface area contributed by atoms with E-state index in [2.05, 4.69) is 10.3 Å². The molecule has 0 aliphatic carbocycles. The standard InChI is InChI=1S/C19H21N3O2S/c1-13(2)15(12-23)20-18(24)17-16(14-8-4-3-5-9-14)21-19(25-17)22-10-6-7-11-22/h3-11,13,15,23H,12H2,1-2H3,(H,20,24). The van der Waals surface area contributed by atoms with Crippen LogP contribution in [-0.2, 0) is 0 Å². The average Bonchev–Trinajstić information content (AvgIpc) is 3.29. The number of nitrogens with one attached hydrogen (secondary N) is 1. The fourth-order valence-corrected chi connectivity index (χ4v) is 3.44. The number of carbonyl (C=O) groups excluding carboxylic acids is 1. The van der Waals surface area contributed by atoms with Gasteiger partial charge in [-0.15, -0.1) is 0 Å². The van der Waals surface area contributed by atoms with Crippen molar-refractivity contribution in [3.05, 3.63) is 59.7 Å². The van der Waals surface area contributed by atoms with Crippen LogP contribution in [0.1, 0.15) is 23.5 Å². The maximum Gasteiger partial charge on any atom is 0.264 e. The third-order valence-corrected chi connectivity index (χ3v) is 5.08. The second-order valence-electron chi connectivity index (χ2n) is 6.14. The molecule has 1 atom stereocenters. The molecular formula is C19H21N3O2S. The van der Waals surface area contributed by atoms with Gasteiger partial charge in [-0.2, -0.15) is 0 Å². The molecule has 6 heteroatoms. The summed E-state index contributed by atoms with van der Waals surface area (Å²) >= 11 is 1.34. The molecule has 2 N–H and O–H groups in total. The first-order valence-electron chi connectivity index (χ1n) is 8.21. The monoisotopic (exact) mass is 355 g/mol. The SMILES string of the molecule is CC(C)C(CO)NC(=O)c1sc(-n2cccc2)nc1-c1ccccc1. The van der Waals surface area contributed by atoms with Gasteiger partial charge in [0.1, 0.15) is 4.88 Å². The van der Waals surface area contributed by atoms with Crippen molar-refractivity contribution in [2.24, 2.45) is 5.92 Å². The van der Waals surface area contributed by atoms with Crippen LogP contribution in [0.2, 0.25) is 0 Å². The first-order chi connectivity index (χ1) is 12.1. The summed E-state index contributed by atoms with van der Waals surface area (Å²) < 4.78 is 1.89. The third-order valence-electron chi connectivity index (χ3n) is 4.01. The Morgan fingerprint density at radius 3 is 2.48 bits per heavy atom. The van der Waals surface area contributed by atoms with Gasteiger partial charge in [0.25, 0.3) is 5.91 Å². The van der Waals surface area contributed by atoms with Crippen LogP contribution in [0.5, 0.6) is 0 Å². The minimum Gasteiger partial charge on any atom is -0.394 e. The summed E-state index contributed by atoms with van der Waals surface area (Å²) in [7, 11) is 0. The van der Waals surface area contributed by atoms with Crippen LogP contribution in [0.15, 0.2) is 54.9 Å². The molecule has 0 saturated carbocycles. The van der Waals surface area contributed by atoms with Crippen molar-refractivity contribution in [2.75, 3.05) is 6.61 Å². The van der Waals surface area contributed by atoms with Gasteiger partial charge < -0.3 is 15.0 Å². The normalized spacial score (nSPS) is 12.3. The number of rotatable bonds is 6. The number of aliphatic hydroxyl groups excluding tert-OH is 1. The van der Waals surface area contributed by atoms with E-state index in [-0.39, 0.29) is 24.5 Å². The highest BCUT2D eigenvalue weighted by atomic mass is 32.1. The summed E-state index contributed by atoms with van der Waals surface area (Å²) in [5, 5.41) is 13.2. The van der Waals surface area contributed by atoms with Crippen molar-refractivity contribution >= 4 is 17.2 Å². The lowest BCUT2D eigenvalue weighted by Crippen LogP contribution is -2.41. The molecule has 2 heterocycles. The van der Waals surface area contributed by atoms with Crippen LogP contribution < -0.4 is 5.32 Å². The van der Waals surface area contributed by atoms with Gasteiger partial charge >= 0.3 is 0 Å². The lowest BCUT2D eigenvalue weighted by atomic mass is 10.1. The Morgan fingerprint density at radius 2 is 1.88 bits per heavy atom. The van der Waals surface area contributed by atoms with Gasteiger partial charge in [0.05, 0.1) is 18.3 Å². The topological polar surface area (TPSA) is 67.2 Å². The molecule has 0 aliphatic rings. The molecule has 0 saturated heterocycles. The Hall–Kier alpha value is -2.44. The van der Waals surface area contributed by atoms with Gasteiger partial charge in [-0.05, 0) is 18.1 Å². The minimum atomic E-state index is -0.284. The number of aliphatic hydroxyl groups is 1. The van der Waals surface area contributed by atoms with Crippen LogP contribution >= 0.6 is 11.3 Å². The third kappa shape index (κ3) is 3.81. The van der Waals surface area contributed by atoms with E-state index in [1.54, 1.807) is 0 Å². The molecule has 2 aromatic heterocycles. The fourth-order valence-electron chi connectivity index (χ4n) is 2.48. The number of hydrogen-bond acceptors (Lipinski definition) is 4. The van der Waals surface area contributed by atoms with Gasteiger partial charge in [0, 0.05) is 18.0 Å². The number of benzene rings is 1. The second-order valence-corrected chi connectivity index (χ2v) is 7.11. The lowest BCUT2D eigenvalue weighted by molar-refractivity contribution is 0.0901. The smallest absolute Gasteiger partial charge is 0.264 e. The maximum absolute atomic E-state index is 12.8. The van der Waals surface area contributed by atoms with Crippen molar-refractivity contribution in [3.8, 4) is 16.4 Å². The van der Waals surface area contributed by atoms with E-state index in [1.165, 1.54) is 11.3 Å². The molecule has 0 aliphatic heterocycles. The zero-order valence-corrected chi connectivity index (χ0v) is 15.0. The number of carbonyl (C=O) groups is 1. The minimum absolute atomic E-state index is 0.0899. The summed E-state index contributed by atoms with van der Waals surface area (Å²) in [6.07, 6.45) is 3.81. The first-order valence-corrected chi connectivity index (χ1v) is 9.03. The van der Waals surface area contributed by atoms with Crippen LogP contribution in [0.4, 0.5) is 0 Å². The Bertz CT molecular complexity index is 826. The van der Waals surface area contributed by atoms with Crippen LogP contribution in [0.3, 0.4) is 0 Å². The van der Waals surface area contributed by atoms with Crippen LogP contribution in [0.25, 0.3) is 16.4 Å². The van der Waals surface area contributed by atoms with Crippen molar-refractivity contribution < 1.29 is 9.90 Å². The van der Waals surface area contributed by atoms with Crippen LogP contribution in [-0.4, -0.2) is 33.2 Å². The number of thiazole rings is 1. The van der Waals surface area contributed by atoms with E-state index in [4.69, 9.17) is 0 Å². The maximum atomic E-state index is 12.8. The van der Waals surface area contributed by atoms with Gasteiger partial charge in [-0.1, -0.05) is 55.5 Å². The van der Waals surface area contributed by atoms with E-state index in [0.29, 0.717) is 10.6 Å². The molecule has 0 fully saturated rings. The summed E-state index contributed by atoms with van der Waals surface area (Å²) in [5.41, 5.74) is 1.56. The number of amides is 1. The van der Waals surface area contributed by atoms with Crippen molar-refractivity contribution in [2.45, 2.75) is 19.9 Å². The van der Waals surface area contributed by atoms with E-state index in [9.17, 15) is 9.90 Å². The number of hydrogen-bond donors (Lipinski definition) is 2. The van der Waals surface area contributed by atoms with Gasteiger partial charge in [0.15, 0.2) is 5.13 Å². The zero-order chi connectivity index (χ0) is 17.8. The molecule has 0 spiro atoms. The Kier molecular flexibility index (Phi) is 5.31. The summed E-state index contributed by atoms with van der Waals surface area (Å²) in [6, 6.07) is 13.2. The molecule has 1 unspecified atom stereocenters. The lowest BCUT2D eigenvalue weighted by Gasteiger charge is -2.19. The molecule has 1 amide bonds. The van der Waals surface area contributed by atoms with E-state index in [1.807, 2.05) is 73.3 Å². The van der Waals surface area contributed by atoms with E-state index < -0.39 is 0 Å². The largest absolute Gasteiger partial charge is 0.394 e. The fraction of sp³-hybridized carbons (Fsp3) is 0.263. The molecule has 25 heavy (non-hydrogen) atoms. The Balaban J connectivity index is 2.00. The number of aromatic nitrogens is 2. The van der Waals surface area contributed by atoms with Gasteiger partial charge in [-0.25, -0.2) is 4.98 Å².